The van der Waals surface area contributed by atoms with Gasteiger partial charge in [-0.25, -0.2) is 0 Å². The van der Waals surface area contributed by atoms with Crippen molar-refractivity contribution in [1.82, 2.24) is 10.2 Å². The van der Waals surface area contributed by atoms with Gasteiger partial charge in [-0.05, 0) is 17.0 Å². The van der Waals surface area contributed by atoms with Gasteiger partial charge in [0, 0.05) is 5.56 Å². The van der Waals surface area contributed by atoms with Crippen molar-refractivity contribution >= 4 is 17.7 Å². The Morgan fingerprint density at radius 2 is 2.00 bits per heavy atom. The second-order valence-corrected chi connectivity index (χ2v) is 6.28. The van der Waals surface area contributed by atoms with Gasteiger partial charge < -0.3 is 9.52 Å². The molecule has 1 aromatic carbocycles. The first-order valence-corrected chi connectivity index (χ1v) is 7.14. The summed E-state index contributed by atoms with van der Waals surface area (Å²) in [5.74, 6) is -0.587. The standard InChI is InChI=1S/C14H16N2O3S/c1-14(2,3)10-7-5-4-6-9(10)12-15-16-13(19-12)20-8-11(17)18/h4-7H,8H2,1-3H3,(H,17,18). The first-order chi connectivity index (χ1) is 9.38. The van der Waals surface area contributed by atoms with Crippen molar-refractivity contribution in [3.8, 4) is 11.5 Å². The summed E-state index contributed by atoms with van der Waals surface area (Å²) in [5.41, 5.74) is 1.95. The average molecular weight is 292 g/mol. The molecule has 0 unspecified atom stereocenters. The molecule has 0 atom stereocenters. The fraction of sp³-hybridized carbons (Fsp3) is 0.357. The number of aliphatic carboxylic acids is 1. The molecule has 1 aromatic heterocycles. The van der Waals surface area contributed by atoms with Crippen molar-refractivity contribution < 1.29 is 14.3 Å². The molecule has 20 heavy (non-hydrogen) atoms. The predicted octanol–water partition coefficient (Wildman–Crippen LogP) is 3.21. The highest BCUT2D eigenvalue weighted by Crippen LogP contribution is 2.33. The fourth-order valence-corrected chi connectivity index (χ4v) is 2.31. The zero-order valence-electron chi connectivity index (χ0n) is 11.6. The van der Waals surface area contributed by atoms with E-state index in [1.54, 1.807) is 0 Å². The topological polar surface area (TPSA) is 76.2 Å². The van der Waals surface area contributed by atoms with Crippen molar-refractivity contribution in [2.45, 2.75) is 31.4 Å². The number of aromatic nitrogens is 2. The summed E-state index contributed by atoms with van der Waals surface area (Å²) in [6, 6.07) is 7.85. The van der Waals surface area contributed by atoms with Gasteiger partial charge in [0.1, 0.15) is 5.75 Å². The maximum atomic E-state index is 10.5. The highest BCUT2D eigenvalue weighted by molar-refractivity contribution is 7.99. The molecule has 2 rings (SSSR count). The number of hydrogen-bond donors (Lipinski definition) is 1. The SMILES string of the molecule is CC(C)(C)c1ccccc1-c1nnc(SCC(=O)O)o1. The van der Waals surface area contributed by atoms with Gasteiger partial charge in [-0.1, -0.05) is 50.7 Å². The van der Waals surface area contributed by atoms with Crippen LogP contribution in [-0.2, 0) is 10.2 Å². The van der Waals surface area contributed by atoms with E-state index < -0.39 is 5.97 Å². The van der Waals surface area contributed by atoms with Crippen LogP contribution in [0.3, 0.4) is 0 Å². The Balaban J connectivity index is 2.31. The van der Waals surface area contributed by atoms with Crippen molar-refractivity contribution in [2.75, 3.05) is 5.75 Å². The number of carboxylic acids is 1. The molecule has 0 saturated carbocycles. The molecule has 0 aliphatic carbocycles. The molecule has 106 valence electrons. The van der Waals surface area contributed by atoms with E-state index >= 15 is 0 Å². The van der Waals surface area contributed by atoms with Crippen LogP contribution in [0.2, 0.25) is 0 Å². The fourth-order valence-electron chi connectivity index (χ4n) is 1.82. The van der Waals surface area contributed by atoms with E-state index in [9.17, 15) is 4.79 Å². The molecule has 0 radical (unpaired) electrons. The highest BCUT2D eigenvalue weighted by Gasteiger charge is 2.21. The number of nitrogens with zero attached hydrogens (tertiary/aromatic N) is 2. The maximum absolute atomic E-state index is 10.5. The van der Waals surface area contributed by atoms with Gasteiger partial charge >= 0.3 is 5.97 Å². The lowest BCUT2D eigenvalue weighted by Crippen LogP contribution is -2.12. The smallest absolute Gasteiger partial charge is 0.314 e. The number of thioether (sulfide) groups is 1. The normalized spacial score (nSPS) is 11.6. The summed E-state index contributed by atoms with van der Waals surface area (Å²) < 4.78 is 5.53. The van der Waals surface area contributed by atoms with Crippen LogP contribution in [-0.4, -0.2) is 27.0 Å². The third-order valence-corrected chi connectivity index (χ3v) is 3.49. The Bertz CT molecular complexity index is 617. The van der Waals surface area contributed by atoms with E-state index in [1.807, 2.05) is 24.3 Å². The molecule has 2 aromatic rings. The third kappa shape index (κ3) is 3.39. The molecule has 0 bridgehead atoms. The van der Waals surface area contributed by atoms with Crippen molar-refractivity contribution in [3.63, 3.8) is 0 Å². The van der Waals surface area contributed by atoms with Crippen LogP contribution < -0.4 is 0 Å². The van der Waals surface area contributed by atoms with Gasteiger partial charge in [0.2, 0.25) is 5.89 Å². The molecule has 0 saturated heterocycles. The summed E-state index contributed by atoms with van der Waals surface area (Å²) >= 11 is 1.02. The van der Waals surface area contributed by atoms with Crippen LogP contribution >= 0.6 is 11.8 Å². The van der Waals surface area contributed by atoms with Gasteiger partial charge in [-0.2, -0.15) is 0 Å². The van der Waals surface area contributed by atoms with Crippen LogP contribution in [0.15, 0.2) is 33.9 Å². The molecule has 0 aliphatic heterocycles. The molecule has 1 heterocycles. The van der Waals surface area contributed by atoms with E-state index in [4.69, 9.17) is 9.52 Å². The van der Waals surface area contributed by atoms with Crippen LogP contribution in [0.4, 0.5) is 0 Å². The zero-order chi connectivity index (χ0) is 14.8. The molecule has 1 N–H and O–H groups in total. The van der Waals surface area contributed by atoms with Gasteiger partial charge in [0.25, 0.3) is 5.22 Å². The van der Waals surface area contributed by atoms with E-state index in [0.717, 1.165) is 22.9 Å². The van der Waals surface area contributed by atoms with Gasteiger partial charge in [-0.3, -0.25) is 4.79 Å². The molecular weight excluding hydrogens is 276 g/mol. The first-order valence-electron chi connectivity index (χ1n) is 6.16. The molecule has 0 fully saturated rings. The lowest BCUT2D eigenvalue weighted by atomic mass is 9.84. The molecular formula is C14H16N2O3S. The number of carboxylic acid groups (broad SMARTS) is 1. The second-order valence-electron chi connectivity index (χ2n) is 5.35. The Kier molecular flexibility index (Phi) is 4.13. The Labute approximate surface area is 121 Å². The molecule has 5 nitrogen and oxygen atoms in total. The van der Waals surface area contributed by atoms with E-state index in [1.165, 1.54) is 0 Å². The van der Waals surface area contributed by atoms with Gasteiger partial charge in [0.05, 0.1) is 0 Å². The quantitative estimate of drug-likeness (QED) is 0.872. The average Bonchev–Trinajstić information content (AvgIpc) is 2.84. The minimum absolute atomic E-state index is 0.0422. The van der Waals surface area contributed by atoms with Gasteiger partial charge in [-0.15, -0.1) is 10.2 Å². The van der Waals surface area contributed by atoms with E-state index in [2.05, 4.69) is 31.0 Å². The lowest BCUT2D eigenvalue weighted by Gasteiger charge is -2.21. The summed E-state index contributed by atoms with van der Waals surface area (Å²) in [6.07, 6.45) is 0. The largest absolute Gasteiger partial charge is 0.481 e. The van der Waals surface area contributed by atoms with Crippen molar-refractivity contribution in [3.05, 3.63) is 29.8 Å². The summed E-state index contributed by atoms with van der Waals surface area (Å²) in [6.45, 7) is 6.34. The molecule has 0 spiro atoms. The predicted molar refractivity (Wildman–Crippen MR) is 76.8 cm³/mol. The van der Waals surface area contributed by atoms with E-state index in [0.29, 0.717) is 5.89 Å². The minimum atomic E-state index is -0.912. The first kappa shape index (κ1) is 14.6. The molecule has 6 heteroatoms. The summed E-state index contributed by atoms with van der Waals surface area (Å²) in [7, 11) is 0. The highest BCUT2D eigenvalue weighted by atomic mass is 32.2. The molecule has 0 aliphatic rings. The summed E-state index contributed by atoms with van der Waals surface area (Å²) in [5, 5.41) is 16.8. The Hall–Kier alpha value is -1.82. The number of carbonyl (C=O) groups is 1. The van der Waals surface area contributed by atoms with Gasteiger partial charge in [0.15, 0.2) is 0 Å². The second kappa shape index (κ2) is 5.66. The maximum Gasteiger partial charge on any atom is 0.314 e. The van der Waals surface area contributed by atoms with Crippen molar-refractivity contribution in [2.24, 2.45) is 0 Å². The van der Waals surface area contributed by atoms with Crippen LogP contribution in [0.1, 0.15) is 26.3 Å². The number of benzene rings is 1. The lowest BCUT2D eigenvalue weighted by molar-refractivity contribution is -0.133. The summed E-state index contributed by atoms with van der Waals surface area (Å²) in [4.78, 5) is 10.5. The number of rotatable bonds is 4. The Morgan fingerprint density at radius 1 is 1.30 bits per heavy atom. The van der Waals surface area contributed by atoms with Crippen LogP contribution in [0.5, 0.6) is 0 Å². The molecule has 0 amide bonds. The van der Waals surface area contributed by atoms with Crippen molar-refractivity contribution in [1.29, 1.82) is 0 Å². The van der Waals surface area contributed by atoms with E-state index in [-0.39, 0.29) is 16.4 Å². The monoisotopic (exact) mass is 292 g/mol. The van der Waals surface area contributed by atoms with Crippen LogP contribution in [0, 0.1) is 0 Å². The third-order valence-electron chi connectivity index (χ3n) is 2.69. The zero-order valence-corrected chi connectivity index (χ0v) is 12.4. The number of hydrogen-bond acceptors (Lipinski definition) is 5. The minimum Gasteiger partial charge on any atom is -0.481 e. The van der Waals surface area contributed by atoms with Crippen LogP contribution in [0.25, 0.3) is 11.5 Å². The Morgan fingerprint density at radius 3 is 2.65 bits per heavy atom.